The summed E-state index contributed by atoms with van der Waals surface area (Å²) in [5.41, 5.74) is 10.0. The Balaban J connectivity index is 2.86. The second-order valence-corrected chi connectivity index (χ2v) is 6.96. The number of carbonyl (C=O) groups excluding carboxylic acids is 3. The molecule has 174 valence electrons. The molecule has 0 spiro atoms. The molecule has 0 bridgehead atoms. The molecule has 1 rings (SSSR count). The zero-order valence-electron chi connectivity index (χ0n) is 17.2. The lowest BCUT2D eigenvalue weighted by atomic mass is 10.1. The maximum absolute atomic E-state index is 13.1. The minimum atomic E-state index is -4.56. The van der Waals surface area contributed by atoms with Crippen molar-refractivity contribution < 1.29 is 32.7 Å². The van der Waals surface area contributed by atoms with E-state index in [0.717, 1.165) is 6.07 Å². The first-order valence-corrected chi connectivity index (χ1v) is 9.50. The number of nitrogens with one attached hydrogen (secondary N) is 3. The maximum atomic E-state index is 13.1. The fourth-order valence-corrected chi connectivity index (χ4v) is 2.71. The van der Waals surface area contributed by atoms with Crippen LogP contribution >= 0.6 is 0 Å². The normalized spacial score (nSPS) is 15.5. The predicted octanol–water partition coefficient (Wildman–Crippen LogP) is -0.980. The van der Waals surface area contributed by atoms with Crippen LogP contribution in [0.3, 0.4) is 0 Å². The second-order valence-electron chi connectivity index (χ2n) is 6.96. The molecule has 0 aliphatic heterocycles. The summed E-state index contributed by atoms with van der Waals surface area (Å²) in [6.45, 7) is 1.71. The van der Waals surface area contributed by atoms with Crippen molar-refractivity contribution in [3.8, 4) is 0 Å². The smallest absolute Gasteiger partial charge is 0.391 e. The van der Waals surface area contributed by atoms with Crippen molar-refractivity contribution in [2.45, 2.75) is 50.8 Å². The lowest BCUT2D eigenvalue weighted by Crippen LogP contribution is -2.60. The summed E-state index contributed by atoms with van der Waals surface area (Å²) >= 11 is 0. The summed E-state index contributed by atoms with van der Waals surface area (Å²) in [6.07, 6.45) is -5.90. The summed E-state index contributed by atoms with van der Waals surface area (Å²) in [4.78, 5) is 36.3. The van der Waals surface area contributed by atoms with Gasteiger partial charge in [-0.2, -0.15) is 13.2 Å². The van der Waals surface area contributed by atoms with E-state index in [4.69, 9.17) is 11.5 Å². The third-order valence-electron chi connectivity index (χ3n) is 4.52. The van der Waals surface area contributed by atoms with Gasteiger partial charge in [0, 0.05) is 19.6 Å². The molecule has 12 heteroatoms. The van der Waals surface area contributed by atoms with Crippen molar-refractivity contribution in [3.05, 3.63) is 35.4 Å². The Morgan fingerprint density at radius 3 is 2.10 bits per heavy atom. The number of rotatable bonds is 11. The van der Waals surface area contributed by atoms with Crippen LogP contribution < -0.4 is 27.4 Å². The number of carbonyl (C=O) groups is 3. The topological polar surface area (TPSA) is 160 Å². The minimum absolute atomic E-state index is 0.0849. The summed E-state index contributed by atoms with van der Waals surface area (Å²) < 4.78 is 39.3. The molecule has 0 aliphatic rings. The Hall–Kier alpha value is -2.54. The molecule has 9 nitrogen and oxygen atoms in total. The van der Waals surface area contributed by atoms with E-state index in [9.17, 15) is 32.7 Å². The van der Waals surface area contributed by atoms with Crippen LogP contribution in [-0.2, 0) is 27.1 Å². The standard InChI is InChI=1S/C19H28F3N5O4/c1-10(28)14(7-23)26-18(31)16(11(2)29)27-17(30)15(8-24)25-9-12-5-3-4-6-13(12)19(20,21)22/h3-6,11,14-16,25,29H,7-9,23-24H2,1-2H3,(H,26,31)(H,27,30)/t11-,14-,15-,16-/m0/s1. The van der Waals surface area contributed by atoms with E-state index in [2.05, 4.69) is 16.0 Å². The van der Waals surface area contributed by atoms with E-state index in [1.165, 1.54) is 32.0 Å². The SMILES string of the molecule is CC(=O)[C@H](CN)NC(=O)[C@@H](NC(=O)[C@H](CN)NCc1ccccc1C(F)(F)F)[C@H](C)O. The van der Waals surface area contributed by atoms with Crippen molar-refractivity contribution in [2.75, 3.05) is 13.1 Å². The number of amides is 2. The van der Waals surface area contributed by atoms with Crippen LogP contribution in [0.2, 0.25) is 0 Å². The monoisotopic (exact) mass is 447 g/mol. The van der Waals surface area contributed by atoms with E-state index in [1.54, 1.807) is 0 Å². The number of aliphatic hydroxyl groups is 1. The van der Waals surface area contributed by atoms with Crippen LogP contribution in [-0.4, -0.2) is 60.0 Å². The zero-order valence-corrected chi connectivity index (χ0v) is 17.2. The van der Waals surface area contributed by atoms with Crippen LogP contribution in [0, 0.1) is 0 Å². The molecule has 0 aliphatic carbocycles. The molecule has 2 amide bonds. The van der Waals surface area contributed by atoms with Crippen molar-refractivity contribution >= 4 is 17.6 Å². The fourth-order valence-electron chi connectivity index (χ4n) is 2.71. The average Bonchev–Trinajstić information content (AvgIpc) is 2.69. The van der Waals surface area contributed by atoms with Gasteiger partial charge in [-0.3, -0.25) is 14.4 Å². The first-order valence-electron chi connectivity index (χ1n) is 9.50. The molecule has 1 aromatic carbocycles. The number of ketones is 1. The van der Waals surface area contributed by atoms with E-state index in [0.29, 0.717) is 0 Å². The Bertz CT molecular complexity index is 773. The Morgan fingerprint density at radius 1 is 1.03 bits per heavy atom. The number of aliphatic hydroxyl groups excluding tert-OH is 1. The molecule has 0 fully saturated rings. The van der Waals surface area contributed by atoms with Gasteiger partial charge in [0.2, 0.25) is 11.8 Å². The van der Waals surface area contributed by atoms with Crippen molar-refractivity contribution in [3.63, 3.8) is 0 Å². The van der Waals surface area contributed by atoms with Gasteiger partial charge in [0.25, 0.3) is 0 Å². The lowest BCUT2D eigenvalue weighted by molar-refractivity contribution is -0.138. The van der Waals surface area contributed by atoms with Gasteiger partial charge in [-0.05, 0) is 25.5 Å². The van der Waals surface area contributed by atoms with Crippen LogP contribution in [0.5, 0.6) is 0 Å². The fraction of sp³-hybridized carbons (Fsp3) is 0.526. The number of hydrogen-bond donors (Lipinski definition) is 6. The molecule has 4 atom stereocenters. The van der Waals surface area contributed by atoms with Crippen LogP contribution in [0.25, 0.3) is 0 Å². The average molecular weight is 447 g/mol. The molecular formula is C19H28F3N5O4. The number of hydrogen-bond acceptors (Lipinski definition) is 7. The molecule has 0 heterocycles. The number of Topliss-reactive ketones (excluding diaryl/α,β-unsaturated/α-hetero) is 1. The summed E-state index contributed by atoms with van der Waals surface area (Å²) in [7, 11) is 0. The van der Waals surface area contributed by atoms with Gasteiger partial charge < -0.3 is 32.5 Å². The van der Waals surface area contributed by atoms with Crippen molar-refractivity contribution in [1.82, 2.24) is 16.0 Å². The molecule has 0 saturated heterocycles. The van der Waals surface area contributed by atoms with Crippen LogP contribution in [0.15, 0.2) is 24.3 Å². The highest BCUT2D eigenvalue weighted by Gasteiger charge is 2.34. The summed E-state index contributed by atoms with van der Waals surface area (Å²) in [5.74, 6) is -2.05. The van der Waals surface area contributed by atoms with E-state index < -0.39 is 53.6 Å². The third kappa shape index (κ3) is 7.90. The van der Waals surface area contributed by atoms with Gasteiger partial charge in [-0.25, -0.2) is 0 Å². The first-order chi connectivity index (χ1) is 14.4. The molecular weight excluding hydrogens is 419 g/mol. The van der Waals surface area contributed by atoms with Gasteiger partial charge in [-0.15, -0.1) is 0 Å². The lowest BCUT2D eigenvalue weighted by Gasteiger charge is -2.26. The van der Waals surface area contributed by atoms with Gasteiger partial charge in [0.15, 0.2) is 5.78 Å². The largest absolute Gasteiger partial charge is 0.416 e. The first kappa shape index (κ1) is 26.5. The number of halogens is 3. The highest BCUT2D eigenvalue weighted by Crippen LogP contribution is 2.31. The second kappa shape index (κ2) is 11.7. The van der Waals surface area contributed by atoms with E-state index in [1.807, 2.05) is 0 Å². The van der Waals surface area contributed by atoms with E-state index in [-0.39, 0.29) is 25.2 Å². The molecule has 1 aromatic rings. The summed E-state index contributed by atoms with van der Waals surface area (Å²) in [5, 5.41) is 17.1. The van der Waals surface area contributed by atoms with Crippen molar-refractivity contribution in [2.24, 2.45) is 11.5 Å². The van der Waals surface area contributed by atoms with Crippen molar-refractivity contribution in [1.29, 1.82) is 0 Å². The van der Waals surface area contributed by atoms with E-state index >= 15 is 0 Å². The number of nitrogens with two attached hydrogens (primary N) is 2. The molecule has 0 unspecified atom stereocenters. The quantitative estimate of drug-likeness (QED) is 0.254. The molecule has 0 saturated carbocycles. The highest BCUT2D eigenvalue weighted by atomic mass is 19.4. The van der Waals surface area contributed by atoms with Crippen LogP contribution in [0.4, 0.5) is 13.2 Å². The van der Waals surface area contributed by atoms with Gasteiger partial charge in [0.05, 0.1) is 23.8 Å². The van der Waals surface area contributed by atoms with Gasteiger partial charge in [0.1, 0.15) is 6.04 Å². The predicted molar refractivity (Wildman–Crippen MR) is 106 cm³/mol. The molecule has 8 N–H and O–H groups in total. The molecule has 0 aromatic heterocycles. The highest BCUT2D eigenvalue weighted by molar-refractivity contribution is 5.93. The van der Waals surface area contributed by atoms with Crippen LogP contribution in [0.1, 0.15) is 25.0 Å². The Kier molecular flexibility index (Phi) is 10.0. The number of alkyl halides is 3. The van der Waals surface area contributed by atoms with Gasteiger partial charge >= 0.3 is 6.18 Å². The van der Waals surface area contributed by atoms with Gasteiger partial charge in [-0.1, -0.05) is 18.2 Å². The zero-order chi connectivity index (χ0) is 23.8. The molecule has 0 radical (unpaired) electrons. The minimum Gasteiger partial charge on any atom is -0.391 e. The molecule has 31 heavy (non-hydrogen) atoms. The Labute approximate surface area is 177 Å². The third-order valence-corrected chi connectivity index (χ3v) is 4.52. The number of benzene rings is 1. The Morgan fingerprint density at radius 2 is 1.61 bits per heavy atom. The summed E-state index contributed by atoms with van der Waals surface area (Å²) in [6, 6.07) is 1.30. The maximum Gasteiger partial charge on any atom is 0.416 e.